The molecule has 1 aromatic heterocycles. The molecule has 0 aliphatic rings. The van der Waals surface area contributed by atoms with E-state index in [2.05, 4.69) is 15.5 Å². The Labute approximate surface area is 103 Å². The van der Waals surface area contributed by atoms with E-state index in [4.69, 9.17) is 0 Å². The van der Waals surface area contributed by atoms with E-state index in [-0.39, 0.29) is 33.7 Å². The minimum Gasteiger partial charge on any atom is -0.301 e. The number of hydrogen-bond donors (Lipinski definition) is 1. The van der Waals surface area contributed by atoms with E-state index in [0.717, 1.165) is 0 Å². The van der Waals surface area contributed by atoms with Crippen LogP contribution in [0.2, 0.25) is 0 Å². The van der Waals surface area contributed by atoms with Crippen LogP contribution in [0.4, 0.5) is 18.3 Å². The zero-order valence-electron chi connectivity index (χ0n) is 8.91. The number of nitrogens with one attached hydrogen (secondary N) is 1. The molecule has 0 aliphatic carbocycles. The van der Waals surface area contributed by atoms with Crippen LogP contribution in [0.15, 0.2) is 4.34 Å². The first-order chi connectivity index (χ1) is 7.76. The van der Waals surface area contributed by atoms with Gasteiger partial charge in [-0.1, -0.05) is 11.3 Å². The number of amides is 1. The van der Waals surface area contributed by atoms with Crippen molar-refractivity contribution < 1.29 is 18.0 Å². The smallest absolute Gasteiger partial charge is 0.301 e. The standard InChI is InChI=1S/C7H9F3N4OS2/c1-14(2)3-4(15)11-5-12-13-6(16-5)17-7(8,9)10/h3H2,1-2H3,(H,11,12,15). The van der Waals surface area contributed by atoms with Gasteiger partial charge in [0, 0.05) is 11.8 Å². The highest BCUT2D eigenvalue weighted by atomic mass is 32.2. The fraction of sp³-hybridized carbons (Fsp3) is 0.571. The van der Waals surface area contributed by atoms with Crippen molar-refractivity contribution >= 4 is 34.1 Å². The molecular weight excluding hydrogens is 277 g/mol. The van der Waals surface area contributed by atoms with Crippen LogP contribution in [-0.4, -0.2) is 47.2 Å². The van der Waals surface area contributed by atoms with Gasteiger partial charge in [0.2, 0.25) is 11.0 Å². The molecule has 1 amide bonds. The highest BCUT2D eigenvalue weighted by Gasteiger charge is 2.31. The fourth-order valence-electron chi connectivity index (χ4n) is 0.847. The molecule has 1 rings (SSSR count). The average Bonchev–Trinajstić information content (AvgIpc) is 2.46. The van der Waals surface area contributed by atoms with Crippen LogP contribution in [0.3, 0.4) is 0 Å². The van der Waals surface area contributed by atoms with E-state index in [0.29, 0.717) is 11.3 Å². The summed E-state index contributed by atoms with van der Waals surface area (Å²) in [7, 11) is 3.40. The van der Waals surface area contributed by atoms with Gasteiger partial charge < -0.3 is 4.90 Å². The predicted molar refractivity (Wildman–Crippen MR) is 59.0 cm³/mol. The van der Waals surface area contributed by atoms with E-state index in [1.165, 1.54) is 0 Å². The molecule has 96 valence electrons. The number of aromatic nitrogens is 2. The number of alkyl halides is 3. The second kappa shape index (κ2) is 5.65. The summed E-state index contributed by atoms with van der Waals surface area (Å²) in [6.45, 7) is 0.126. The van der Waals surface area contributed by atoms with Crippen molar-refractivity contribution in [3.8, 4) is 0 Å². The molecule has 0 aromatic carbocycles. The minimum atomic E-state index is -4.40. The normalized spacial score (nSPS) is 11.9. The lowest BCUT2D eigenvalue weighted by molar-refractivity contribution is -0.116. The number of rotatable bonds is 4. The molecule has 5 nitrogen and oxygen atoms in total. The SMILES string of the molecule is CN(C)CC(=O)Nc1nnc(SC(F)(F)F)s1. The van der Waals surface area contributed by atoms with Crippen molar-refractivity contribution in [2.45, 2.75) is 9.85 Å². The first kappa shape index (κ1) is 14.2. The third-order valence-corrected chi connectivity index (χ3v) is 2.94. The topological polar surface area (TPSA) is 58.1 Å². The molecule has 0 spiro atoms. The number of carbonyl (C=O) groups excluding carboxylic acids is 1. The molecule has 0 saturated carbocycles. The molecule has 0 atom stereocenters. The Morgan fingerprint density at radius 1 is 1.47 bits per heavy atom. The van der Waals surface area contributed by atoms with Gasteiger partial charge in [0.25, 0.3) is 0 Å². The maximum absolute atomic E-state index is 12.0. The van der Waals surface area contributed by atoms with Crippen molar-refractivity contribution in [3.05, 3.63) is 0 Å². The summed E-state index contributed by atoms with van der Waals surface area (Å²) in [5.74, 6) is -0.352. The Hall–Kier alpha value is -0.870. The molecular formula is C7H9F3N4OS2. The summed E-state index contributed by atoms with van der Waals surface area (Å²) in [5.41, 5.74) is -4.40. The van der Waals surface area contributed by atoms with Crippen LogP contribution in [-0.2, 0) is 4.79 Å². The Morgan fingerprint density at radius 2 is 2.12 bits per heavy atom. The van der Waals surface area contributed by atoms with E-state index >= 15 is 0 Å². The van der Waals surface area contributed by atoms with Crippen LogP contribution in [0.1, 0.15) is 0 Å². The monoisotopic (exact) mass is 286 g/mol. The average molecular weight is 286 g/mol. The van der Waals surface area contributed by atoms with Gasteiger partial charge in [-0.15, -0.1) is 10.2 Å². The molecule has 17 heavy (non-hydrogen) atoms. The molecule has 0 fully saturated rings. The number of likely N-dealkylation sites (N-methyl/N-ethyl adjacent to an activating group) is 1. The highest BCUT2D eigenvalue weighted by molar-refractivity contribution is 8.01. The lowest BCUT2D eigenvalue weighted by Gasteiger charge is -2.07. The van der Waals surface area contributed by atoms with E-state index in [1.807, 2.05) is 0 Å². The summed E-state index contributed by atoms with van der Waals surface area (Å²) >= 11 is 0.331. The quantitative estimate of drug-likeness (QED) is 0.673. The molecule has 1 heterocycles. The first-order valence-corrected chi connectivity index (χ1v) is 5.93. The molecule has 0 radical (unpaired) electrons. The van der Waals surface area contributed by atoms with E-state index in [1.54, 1.807) is 19.0 Å². The van der Waals surface area contributed by atoms with Gasteiger partial charge in [-0.25, -0.2) is 0 Å². The van der Waals surface area contributed by atoms with Crippen molar-refractivity contribution in [3.63, 3.8) is 0 Å². The third-order valence-electron chi connectivity index (χ3n) is 1.32. The number of hydrogen-bond acceptors (Lipinski definition) is 6. The molecule has 10 heteroatoms. The number of anilines is 1. The predicted octanol–water partition coefficient (Wildman–Crippen LogP) is 1.65. The van der Waals surface area contributed by atoms with Crippen LogP contribution in [0.5, 0.6) is 0 Å². The Bertz CT molecular complexity index is 393. The summed E-state index contributed by atoms with van der Waals surface area (Å²) in [6.07, 6.45) is 0. The van der Waals surface area contributed by atoms with Crippen molar-refractivity contribution in [1.82, 2.24) is 15.1 Å². The van der Waals surface area contributed by atoms with Crippen LogP contribution >= 0.6 is 23.1 Å². The van der Waals surface area contributed by atoms with Gasteiger partial charge in [0.05, 0.1) is 6.54 Å². The van der Waals surface area contributed by atoms with Crippen molar-refractivity contribution in [1.29, 1.82) is 0 Å². The second-order valence-electron chi connectivity index (χ2n) is 3.21. The summed E-state index contributed by atoms with van der Waals surface area (Å²) in [4.78, 5) is 12.9. The third kappa shape index (κ3) is 5.84. The lowest BCUT2D eigenvalue weighted by atomic mass is 10.5. The Balaban J connectivity index is 2.54. The zero-order valence-corrected chi connectivity index (χ0v) is 10.5. The maximum Gasteiger partial charge on any atom is 0.448 e. The van der Waals surface area contributed by atoms with Crippen molar-refractivity contribution in [2.24, 2.45) is 0 Å². The summed E-state index contributed by atoms with van der Waals surface area (Å²) < 4.78 is 35.7. The summed E-state index contributed by atoms with van der Waals surface area (Å²) in [6, 6.07) is 0. The second-order valence-corrected chi connectivity index (χ2v) is 5.50. The van der Waals surface area contributed by atoms with Crippen LogP contribution < -0.4 is 5.32 Å². The maximum atomic E-state index is 12.0. The number of halogens is 3. The molecule has 0 unspecified atom stereocenters. The van der Waals surface area contributed by atoms with Gasteiger partial charge in [0.15, 0.2) is 4.34 Å². The van der Waals surface area contributed by atoms with Crippen molar-refractivity contribution in [2.75, 3.05) is 26.0 Å². The molecule has 0 bridgehead atoms. The Kier molecular flexibility index (Phi) is 4.71. The molecule has 1 aromatic rings. The number of nitrogens with zero attached hydrogens (tertiary/aromatic N) is 3. The van der Waals surface area contributed by atoms with E-state index < -0.39 is 5.51 Å². The first-order valence-electron chi connectivity index (χ1n) is 4.30. The fourth-order valence-corrected chi connectivity index (χ4v) is 2.31. The van der Waals surface area contributed by atoms with Gasteiger partial charge in [-0.3, -0.25) is 10.1 Å². The van der Waals surface area contributed by atoms with Gasteiger partial charge >= 0.3 is 5.51 Å². The van der Waals surface area contributed by atoms with Crippen LogP contribution in [0, 0.1) is 0 Å². The summed E-state index contributed by atoms with van der Waals surface area (Å²) in [5, 5.41) is 9.18. The Morgan fingerprint density at radius 3 is 2.65 bits per heavy atom. The minimum absolute atomic E-state index is 0.0589. The number of carbonyl (C=O) groups is 1. The highest BCUT2D eigenvalue weighted by Crippen LogP contribution is 2.38. The van der Waals surface area contributed by atoms with Gasteiger partial charge in [-0.2, -0.15) is 13.2 Å². The van der Waals surface area contributed by atoms with E-state index in [9.17, 15) is 18.0 Å². The molecule has 0 saturated heterocycles. The number of thioether (sulfide) groups is 1. The zero-order chi connectivity index (χ0) is 13.1. The van der Waals surface area contributed by atoms with Gasteiger partial charge in [-0.05, 0) is 14.1 Å². The molecule has 0 aliphatic heterocycles. The molecule has 1 N–H and O–H groups in total. The lowest BCUT2D eigenvalue weighted by Crippen LogP contribution is -2.26. The van der Waals surface area contributed by atoms with Crippen LogP contribution in [0.25, 0.3) is 0 Å². The largest absolute Gasteiger partial charge is 0.448 e. The van der Waals surface area contributed by atoms with Gasteiger partial charge in [0.1, 0.15) is 0 Å².